The molecule has 0 spiro atoms. The molecule has 1 aliphatic rings. The minimum Gasteiger partial charge on any atom is -0.396 e. The summed E-state index contributed by atoms with van der Waals surface area (Å²) in [5.74, 6) is 0.559. The number of rotatable bonds is 5. The highest BCUT2D eigenvalue weighted by Gasteiger charge is 2.41. The molecule has 17 heavy (non-hydrogen) atoms. The molecule has 2 rings (SSSR count). The fraction of sp³-hybridized carbons (Fsp3) is 0.600. The molecular weight excluding hydrogens is 210 g/mol. The Balaban J connectivity index is 2.06. The minimum atomic E-state index is 0.167. The Labute approximate surface area is 104 Å². The van der Waals surface area contributed by atoms with Gasteiger partial charge in [-0.15, -0.1) is 0 Å². The molecule has 1 aromatic carbocycles. The lowest BCUT2D eigenvalue weighted by atomic mass is 10.00. The number of aliphatic hydroxyl groups is 1. The molecule has 0 atom stereocenters. The third kappa shape index (κ3) is 2.81. The van der Waals surface area contributed by atoms with Crippen molar-refractivity contribution in [1.82, 2.24) is 0 Å². The van der Waals surface area contributed by atoms with Gasteiger partial charge in [0.1, 0.15) is 0 Å². The summed E-state index contributed by atoms with van der Waals surface area (Å²) in [7, 11) is 0. The molecule has 94 valence electrons. The number of anilines is 1. The van der Waals surface area contributed by atoms with E-state index in [1.54, 1.807) is 0 Å². The molecule has 2 nitrogen and oxygen atoms in total. The maximum atomic E-state index is 9.31. The van der Waals surface area contributed by atoms with Gasteiger partial charge in [-0.25, -0.2) is 0 Å². The zero-order chi connectivity index (χ0) is 12.5. The van der Waals surface area contributed by atoms with E-state index in [2.05, 4.69) is 44.3 Å². The lowest BCUT2D eigenvalue weighted by Crippen LogP contribution is -2.19. The van der Waals surface area contributed by atoms with Crippen LogP contribution in [0.3, 0.4) is 0 Å². The summed E-state index contributed by atoms with van der Waals surface area (Å²) in [4.78, 5) is 0. The van der Waals surface area contributed by atoms with Crippen molar-refractivity contribution in [1.29, 1.82) is 0 Å². The quantitative estimate of drug-likeness (QED) is 0.818. The second kappa shape index (κ2) is 4.69. The first kappa shape index (κ1) is 12.4. The van der Waals surface area contributed by atoms with Crippen LogP contribution in [0, 0.1) is 12.3 Å². The Morgan fingerprint density at radius 3 is 2.59 bits per heavy atom. The fourth-order valence-electron chi connectivity index (χ4n) is 2.04. The maximum absolute atomic E-state index is 9.31. The third-order valence-electron chi connectivity index (χ3n) is 3.87. The van der Waals surface area contributed by atoms with Crippen LogP contribution in [0.5, 0.6) is 0 Å². The van der Waals surface area contributed by atoms with E-state index in [1.165, 1.54) is 16.8 Å². The molecule has 1 saturated carbocycles. The number of aryl methyl sites for hydroxylation is 1. The van der Waals surface area contributed by atoms with E-state index >= 15 is 0 Å². The van der Waals surface area contributed by atoms with E-state index in [9.17, 15) is 5.11 Å². The molecule has 0 saturated heterocycles. The molecule has 0 amide bonds. The largest absolute Gasteiger partial charge is 0.396 e. The van der Waals surface area contributed by atoms with Gasteiger partial charge in [-0.3, -0.25) is 0 Å². The van der Waals surface area contributed by atoms with Crippen LogP contribution in [0.2, 0.25) is 0 Å². The minimum absolute atomic E-state index is 0.167. The van der Waals surface area contributed by atoms with Gasteiger partial charge in [0.25, 0.3) is 0 Å². The van der Waals surface area contributed by atoms with Crippen LogP contribution in [-0.4, -0.2) is 18.3 Å². The van der Waals surface area contributed by atoms with Gasteiger partial charge in [0.2, 0.25) is 0 Å². The van der Waals surface area contributed by atoms with Gasteiger partial charge >= 0.3 is 0 Å². The van der Waals surface area contributed by atoms with Crippen LogP contribution < -0.4 is 5.32 Å². The van der Waals surface area contributed by atoms with Crippen molar-refractivity contribution in [2.24, 2.45) is 5.41 Å². The van der Waals surface area contributed by atoms with Crippen LogP contribution in [0.4, 0.5) is 5.69 Å². The summed E-state index contributed by atoms with van der Waals surface area (Å²) >= 11 is 0. The third-order valence-corrected chi connectivity index (χ3v) is 3.87. The lowest BCUT2D eigenvalue weighted by Gasteiger charge is -2.17. The summed E-state index contributed by atoms with van der Waals surface area (Å²) in [6.45, 7) is 7.76. The SMILES string of the molecule is Cc1ccc(C(C)C)cc1NCC1(CO)CC1. The molecule has 1 aromatic rings. The van der Waals surface area contributed by atoms with E-state index in [4.69, 9.17) is 0 Å². The summed E-state index contributed by atoms with van der Waals surface area (Å²) in [5.41, 5.74) is 4.03. The molecule has 2 heteroatoms. The number of benzene rings is 1. The first-order valence-electron chi connectivity index (χ1n) is 6.52. The van der Waals surface area contributed by atoms with E-state index < -0.39 is 0 Å². The van der Waals surface area contributed by atoms with Gasteiger partial charge in [0.15, 0.2) is 0 Å². The number of nitrogens with one attached hydrogen (secondary N) is 1. The first-order chi connectivity index (χ1) is 8.06. The van der Waals surface area contributed by atoms with E-state index in [-0.39, 0.29) is 5.41 Å². The number of aliphatic hydroxyl groups excluding tert-OH is 1. The van der Waals surface area contributed by atoms with Crippen LogP contribution in [-0.2, 0) is 0 Å². The number of hydrogen-bond acceptors (Lipinski definition) is 2. The average molecular weight is 233 g/mol. The molecule has 1 fully saturated rings. The molecule has 0 radical (unpaired) electrons. The van der Waals surface area contributed by atoms with Crippen molar-refractivity contribution >= 4 is 5.69 Å². The Bertz CT molecular complexity index is 394. The molecule has 0 aliphatic heterocycles. The van der Waals surface area contributed by atoms with Gasteiger partial charge in [0.05, 0.1) is 6.61 Å². The highest BCUT2D eigenvalue weighted by atomic mass is 16.3. The predicted octanol–water partition coefficient (Wildman–Crippen LogP) is 3.30. The van der Waals surface area contributed by atoms with Gasteiger partial charge < -0.3 is 10.4 Å². The second-order valence-corrected chi connectivity index (χ2v) is 5.74. The van der Waals surface area contributed by atoms with E-state index in [0.29, 0.717) is 12.5 Å². The van der Waals surface area contributed by atoms with Crippen molar-refractivity contribution < 1.29 is 5.11 Å². The molecular formula is C15H23NO. The van der Waals surface area contributed by atoms with Gasteiger partial charge in [-0.2, -0.15) is 0 Å². The van der Waals surface area contributed by atoms with E-state index in [1.807, 2.05) is 0 Å². The topological polar surface area (TPSA) is 32.3 Å². The summed E-state index contributed by atoms with van der Waals surface area (Å²) in [6, 6.07) is 6.62. The number of hydrogen-bond donors (Lipinski definition) is 2. The van der Waals surface area contributed by atoms with Crippen LogP contribution >= 0.6 is 0 Å². The molecule has 0 unspecified atom stereocenters. The van der Waals surface area contributed by atoms with Crippen molar-refractivity contribution in [3.05, 3.63) is 29.3 Å². The summed E-state index contributed by atoms with van der Waals surface area (Å²) in [5, 5.41) is 12.8. The fourth-order valence-corrected chi connectivity index (χ4v) is 2.04. The highest BCUT2D eigenvalue weighted by molar-refractivity contribution is 5.53. The molecule has 2 N–H and O–H groups in total. The van der Waals surface area contributed by atoms with Crippen LogP contribution in [0.1, 0.15) is 43.7 Å². The zero-order valence-electron chi connectivity index (χ0n) is 11.1. The van der Waals surface area contributed by atoms with Crippen LogP contribution in [0.25, 0.3) is 0 Å². The Kier molecular flexibility index (Phi) is 3.43. The van der Waals surface area contributed by atoms with Crippen molar-refractivity contribution in [3.8, 4) is 0 Å². The molecule has 0 heterocycles. The van der Waals surface area contributed by atoms with Crippen molar-refractivity contribution in [3.63, 3.8) is 0 Å². The lowest BCUT2D eigenvalue weighted by molar-refractivity contribution is 0.220. The Morgan fingerprint density at radius 2 is 2.06 bits per heavy atom. The summed E-state index contributed by atoms with van der Waals surface area (Å²) < 4.78 is 0. The van der Waals surface area contributed by atoms with Gasteiger partial charge in [0, 0.05) is 17.6 Å². The van der Waals surface area contributed by atoms with Crippen LogP contribution in [0.15, 0.2) is 18.2 Å². The Morgan fingerprint density at radius 1 is 1.35 bits per heavy atom. The van der Waals surface area contributed by atoms with E-state index in [0.717, 1.165) is 19.4 Å². The predicted molar refractivity (Wildman–Crippen MR) is 72.5 cm³/mol. The molecule has 1 aliphatic carbocycles. The van der Waals surface area contributed by atoms with Crippen molar-refractivity contribution in [2.75, 3.05) is 18.5 Å². The smallest absolute Gasteiger partial charge is 0.0504 e. The van der Waals surface area contributed by atoms with Gasteiger partial charge in [-0.1, -0.05) is 26.0 Å². The Hall–Kier alpha value is -1.02. The molecule has 0 aromatic heterocycles. The summed E-state index contributed by atoms with van der Waals surface area (Å²) in [6.07, 6.45) is 2.30. The van der Waals surface area contributed by atoms with Crippen molar-refractivity contribution in [2.45, 2.75) is 39.5 Å². The molecule has 0 bridgehead atoms. The highest BCUT2D eigenvalue weighted by Crippen LogP contribution is 2.45. The standard InChI is InChI=1S/C15H23NO/c1-11(2)13-5-4-12(3)14(8-13)16-9-15(10-17)6-7-15/h4-5,8,11,16-17H,6-7,9-10H2,1-3H3. The maximum Gasteiger partial charge on any atom is 0.0504 e. The normalized spacial score (nSPS) is 17.2. The monoisotopic (exact) mass is 233 g/mol. The zero-order valence-corrected chi connectivity index (χ0v) is 11.1. The second-order valence-electron chi connectivity index (χ2n) is 5.74. The first-order valence-corrected chi connectivity index (χ1v) is 6.52. The average Bonchev–Trinajstić information content (AvgIpc) is 3.08. The van der Waals surface area contributed by atoms with Gasteiger partial charge in [-0.05, 0) is 42.9 Å².